The van der Waals surface area contributed by atoms with Gasteiger partial charge in [-0.25, -0.2) is 0 Å². The Kier molecular flexibility index (Phi) is 7.17. The summed E-state index contributed by atoms with van der Waals surface area (Å²) in [5.74, 6) is 0. The summed E-state index contributed by atoms with van der Waals surface area (Å²) >= 11 is 0. The quantitative estimate of drug-likeness (QED) is 0.173. The van der Waals surface area contributed by atoms with E-state index in [9.17, 15) is 0 Å². The molecule has 11 aromatic rings. The lowest BCUT2D eigenvalue weighted by Crippen LogP contribution is -2.11. The molecule has 0 spiro atoms. The molecule has 258 valence electrons. The highest BCUT2D eigenvalue weighted by molar-refractivity contribution is 6.19. The number of para-hydroxylation sites is 3. The van der Waals surface area contributed by atoms with Gasteiger partial charge in [-0.2, -0.15) is 0 Å². The molecule has 0 amide bonds. The molecule has 0 fully saturated rings. The largest absolute Gasteiger partial charge is 0.455 e. The van der Waals surface area contributed by atoms with Gasteiger partial charge in [0.1, 0.15) is 22.3 Å². The number of anilines is 3. The number of hydrogen-bond acceptors (Lipinski definition) is 3. The highest BCUT2D eigenvalue weighted by atomic mass is 16.3. The van der Waals surface area contributed by atoms with Crippen LogP contribution in [-0.4, -0.2) is 0 Å². The number of rotatable bonds is 6. The van der Waals surface area contributed by atoms with E-state index in [1.54, 1.807) is 0 Å². The molecule has 3 nitrogen and oxygen atoms in total. The van der Waals surface area contributed by atoms with Crippen LogP contribution < -0.4 is 4.90 Å². The third-order valence-corrected chi connectivity index (χ3v) is 10.9. The first-order chi connectivity index (χ1) is 27.3. The van der Waals surface area contributed by atoms with Crippen molar-refractivity contribution in [2.24, 2.45) is 0 Å². The molecular weight excluding hydrogens is 671 g/mol. The normalized spacial score (nSPS) is 11.6. The minimum Gasteiger partial charge on any atom is -0.455 e. The maximum absolute atomic E-state index is 6.53. The van der Waals surface area contributed by atoms with Gasteiger partial charge in [-0.15, -0.1) is 0 Å². The zero-order chi connectivity index (χ0) is 36.3. The van der Waals surface area contributed by atoms with E-state index in [0.29, 0.717) is 0 Å². The number of hydrogen-bond donors (Lipinski definition) is 0. The molecule has 0 aliphatic carbocycles. The zero-order valence-electron chi connectivity index (χ0n) is 29.8. The Morgan fingerprint density at radius 2 is 0.873 bits per heavy atom. The third kappa shape index (κ3) is 5.13. The number of fused-ring (bicyclic) bond motifs is 8. The second-order valence-corrected chi connectivity index (χ2v) is 14.0. The summed E-state index contributed by atoms with van der Waals surface area (Å²) in [5, 5.41) is 6.83. The third-order valence-electron chi connectivity index (χ3n) is 10.9. The standard InChI is InChI=1S/C52H33NO2/c1-2-12-34(13-3-1)40-15-6-8-21-47(40)53(39-31-26-37(27-32-39)43-19-10-20-45-44-17-7-9-22-48(44)54-51(43)45)38-29-24-36(25-30-38)41-18-11-23-49-50(41)46-33-28-35-14-4-5-16-42(35)52(46)55-49/h1-33H. The van der Waals surface area contributed by atoms with Gasteiger partial charge in [0.05, 0.1) is 5.69 Å². The van der Waals surface area contributed by atoms with Gasteiger partial charge in [-0.05, 0) is 76.2 Å². The fourth-order valence-corrected chi connectivity index (χ4v) is 8.31. The van der Waals surface area contributed by atoms with Gasteiger partial charge >= 0.3 is 0 Å². The van der Waals surface area contributed by atoms with E-state index in [1.165, 1.54) is 10.9 Å². The van der Waals surface area contributed by atoms with E-state index in [-0.39, 0.29) is 0 Å². The molecule has 11 rings (SSSR count). The second-order valence-electron chi connectivity index (χ2n) is 14.0. The van der Waals surface area contributed by atoms with Crippen LogP contribution in [-0.2, 0) is 0 Å². The summed E-state index contributed by atoms with van der Waals surface area (Å²) < 4.78 is 12.9. The molecule has 2 heterocycles. The van der Waals surface area contributed by atoms with E-state index in [1.807, 2.05) is 12.1 Å². The Morgan fingerprint density at radius 1 is 0.309 bits per heavy atom. The Bertz CT molecular complexity index is 3190. The minimum atomic E-state index is 0.893. The van der Waals surface area contributed by atoms with Gasteiger partial charge < -0.3 is 13.7 Å². The Morgan fingerprint density at radius 3 is 1.69 bits per heavy atom. The molecule has 0 atom stereocenters. The molecule has 0 aliphatic heterocycles. The van der Waals surface area contributed by atoms with Gasteiger partial charge in [0, 0.05) is 49.4 Å². The molecule has 3 heteroatoms. The van der Waals surface area contributed by atoms with Crippen LogP contribution in [0.2, 0.25) is 0 Å². The Labute approximate surface area is 317 Å². The summed E-state index contributed by atoms with van der Waals surface area (Å²) in [6.45, 7) is 0. The van der Waals surface area contributed by atoms with Crippen LogP contribution in [0.15, 0.2) is 209 Å². The first-order valence-electron chi connectivity index (χ1n) is 18.7. The summed E-state index contributed by atoms with van der Waals surface area (Å²) in [6, 6.07) is 70.9. The van der Waals surface area contributed by atoms with E-state index in [0.717, 1.165) is 94.1 Å². The lowest BCUT2D eigenvalue weighted by Gasteiger charge is -2.28. The predicted octanol–water partition coefficient (Wildman–Crippen LogP) is 15.1. The van der Waals surface area contributed by atoms with E-state index < -0.39 is 0 Å². The van der Waals surface area contributed by atoms with Gasteiger partial charge in [0.25, 0.3) is 0 Å². The SMILES string of the molecule is c1ccc(-c2ccccc2N(c2ccc(-c3cccc4c3oc3ccccc34)cc2)c2ccc(-c3cccc4oc5c6ccccc6ccc5c34)cc2)cc1. The molecular formula is C52H33NO2. The topological polar surface area (TPSA) is 29.5 Å². The van der Waals surface area contributed by atoms with Crippen LogP contribution in [0.5, 0.6) is 0 Å². The summed E-state index contributed by atoms with van der Waals surface area (Å²) in [4.78, 5) is 2.36. The second kappa shape index (κ2) is 12.6. The summed E-state index contributed by atoms with van der Waals surface area (Å²) in [7, 11) is 0. The number of furan rings is 2. The van der Waals surface area contributed by atoms with Gasteiger partial charge in [-0.3, -0.25) is 0 Å². The van der Waals surface area contributed by atoms with Crippen molar-refractivity contribution in [1.82, 2.24) is 0 Å². The fourth-order valence-electron chi connectivity index (χ4n) is 8.31. The maximum Gasteiger partial charge on any atom is 0.143 e. The van der Waals surface area contributed by atoms with Crippen LogP contribution in [0.25, 0.3) is 88.0 Å². The first kappa shape index (κ1) is 31.2. The molecule has 0 radical (unpaired) electrons. The molecule has 0 saturated heterocycles. The molecule has 0 aliphatic rings. The zero-order valence-corrected chi connectivity index (χ0v) is 29.8. The maximum atomic E-state index is 6.53. The molecule has 9 aromatic carbocycles. The highest BCUT2D eigenvalue weighted by Crippen LogP contribution is 2.44. The van der Waals surface area contributed by atoms with Crippen molar-refractivity contribution in [3.05, 3.63) is 200 Å². The van der Waals surface area contributed by atoms with Crippen molar-refractivity contribution in [3.8, 4) is 33.4 Å². The van der Waals surface area contributed by atoms with E-state index >= 15 is 0 Å². The van der Waals surface area contributed by atoms with Crippen LogP contribution in [0.3, 0.4) is 0 Å². The van der Waals surface area contributed by atoms with E-state index in [4.69, 9.17) is 8.83 Å². The van der Waals surface area contributed by atoms with Crippen molar-refractivity contribution in [3.63, 3.8) is 0 Å². The van der Waals surface area contributed by atoms with E-state index in [2.05, 4.69) is 193 Å². The van der Waals surface area contributed by atoms with Gasteiger partial charge in [0.15, 0.2) is 0 Å². The van der Waals surface area contributed by atoms with Crippen LogP contribution in [0.1, 0.15) is 0 Å². The first-order valence-corrected chi connectivity index (χ1v) is 18.7. The summed E-state index contributed by atoms with van der Waals surface area (Å²) in [5.41, 5.74) is 13.7. The van der Waals surface area contributed by atoms with Crippen molar-refractivity contribution >= 4 is 71.7 Å². The van der Waals surface area contributed by atoms with Gasteiger partial charge in [0.2, 0.25) is 0 Å². The lowest BCUT2D eigenvalue weighted by molar-refractivity contribution is 0.670. The van der Waals surface area contributed by atoms with Crippen LogP contribution >= 0.6 is 0 Å². The summed E-state index contributed by atoms with van der Waals surface area (Å²) in [6.07, 6.45) is 0. The average molecular weight is 704 g/mol. The van der Waals surface area contributed by atoms with Crippen molar-refractivity contribution in [1.29, 1.82) is 0 Å². The van der Waals surface area contributed by atoms with Crippen molar-refractivity contribution in [2.75, 3.05) is 4.90 Å². The molecule has 0 saturated carbocycles. The molecule has 2 aromatic heterocycles. The predicted molar refractivity (Wildman–Crippen MR) is 229 cm³/mol. The van der Waals surface area contributed by atoms with Gasteiger partial charge in [-0.1, -0.05) is 152 Å². The Hall–Kier alpha value is -7.36. The monoisotopic (exact) mass is 703 g/mol. The number of nitrogens with zero attached hydrogens (tertiary/aromatic N) is 1. The van der Waals surface area contributed by atoms with Crippen LogP contribution in [0.4, 0.5) is 17.1 Å². The fraction of sp³-hybridized carbons (Fsp3) is 0. The lowest BCUT2D eigenvalue weighted by atomic mass is 9.97. The average Bonchev–Trinajstić information content (AvgIpc) is 3.84. The molecule has 0 unspecified atom stereocenters. The molecule has 0 bridgehead atoms. The van der Waals surface area contributed by atoms with Crippen LogP contribution in [0, 0.1) is 0 Å². The highest BCUT2D eigenvalue weighted by Gasteiger charge is 2.20. The minimum absolute atomic E-state index is 0.893. The number of benzene rings is 9. The molecule has 55 heavy (non-hydrogen) atoms. The smallest absolute Gasteiger partial charge is 0.143 e. The molecule has 0 N–H and O–H groups in total. The van der Waals surface area contributed by atoms with Crippen molar-refractivity contribution < 1.29 is 8.83 Å². The Balaban J connectivity index is 1.04. The van der Waals surface area contributed by atoms with Crippen molar-refractivity contribution in [2.45, 2.75) is 0 Å².